The van der Waals surface area contributed by atoms with Crippen LogP contribution in [0.4, 0.5) is 0 Å². The minimum Gasteiger partial charge on any atom is -0.313 e. The summed E-state index contributed by atoms with van der Waals surface area (Å²) in [5.41, 5.74) is 0. The van der Waals surface area contributed by atoms with E-state index in [-0.39, 0.29) is 0 Å². The van der Waals surface area contributed by atoms with Gasteiger partial charge in [-0.05, 0) is 31.7 Å². The summed E-state index contributed by atoms with van der Waals surface area (Å²) in [5, 5.41) is 4.03. The Bertz CT molecular complexity index is 303. The average Bonchev–Trinajstić information content (AvgIpc) is 2.18. The zero-order chi connectivity index (χ0) is 11.3. The molecule has 1 aromatic rings. The fraction of sp³-hybridized carbons (Fsp3) is 0.500. The fourth-order valence-electron chi connectivity index (χ4n) is 1.34. The summed E-state index contributed by atoms with van der Waals surface area (Å²) in [6, 6.07) is 9.00. The number of rotatable bonds is 5. The van der Waals surface area contributed by atoms with Gasteiger partial charge in [0.1, 0.15) is 0 Å². The largest absolute Gasteiger partial charge is 0.313 e. The molecule has 0 bridgehead atoms. The van der Waals surface area contributed by atoms with Crippen molar-refractivity contribution in [2.45, 2.75) is 37.0 Å². The van der Waals surface area contributed by atoms with Crippen LogP contribution in [0.3, 0.4) is 0 Å². The molecule has 0 saturated carbocycles. The van der Waals surface area contributed by atoms with Crippen LogP contribution in [0.1, 0.15) is 20.8 Å². The van der Waals surface area contributed by atoms with Crippen molar-refractivity contribution in [3.8, 4) is 0 Å². The zero-order valence-electron chi connectivity index (χ0n) is 9.46. The van der Waals surface area contributed by atoms with E-state index >= 15 is 0 Å². The van der Waals surface area contributed by atoms with Crippen LogP contribution in [0.15, 0.2) is 33.6 Å². The first-order valence-corrected chi connectivity index (χ1v) is 6.96. The second kappa shape index (κ2) is 6.56. The highest BCUT2D eigenvalue weighted by Gasteiger charge is 2.11. The van der Waals surface area contributed by atoms with Crippen molar-refractivity contribution in [1.82, 2.24) is 5.32 Å². The highest BCUT2D eigenvalue weighted by atomic mass is 79.9. The first-order valence-electron chi connectivity index (χ1n) is 5.29. The molecule has 15 heavy (non-hydrogen) atoms. The maximum atomic E-state index is 3.49. The molecule has 0 fully saturated rings. The second-order valence-corrected chi connectivity index (χ2v) is 5.99. The molecule has 0 amide bonds. The summed E-state index contributed by atoms with van der Waals surface area (Å²) >= 11 is 5.40. The Labute approximate surface area is 105 Å². The topological polar surface area (TPSA) is 12.0 Å². The molecule has 0 aromatic heterocycles. The van der Waals surface area contributed by atoms with Crippen molar-refractivity contribution in [2.75, 3.05) is 6.54 Å². The second-order valence-electron chi connectivity index (χ2n) is 3.63. The van der Waals surface area contributed by atoms with E-state index in [1.54, 1.807) is 0 Å². The molecule has 0 aliphatic rings. The molecule has 1 rings (SSSR count). The third-order valence-corrected chi connectivity index (χ3v) is 4.15. The van der Waals surface area contributed by atoms with Gasteiger partial charge in [-0.1, -0.05) is 35.8 Å². The predicted molar refractivity (Wildman–Crippen MR) is 72.6 cm³/mol. The summed E-state index contributed by atoms with van der Waals surface area (Å²) in [6.07, 6.45) is 0. The molecule has 0 aliphatic carbocycles. The molecule has 0 spiro atoms. The Morgan fingerprint density at radius 2 is 2.13 bits per heavy atom. The number of nitrogens with one attached hydrogen (secondary N) is 1. The average molecular weight is 288 g/mol. The van der Waals surface area contributed by atoms with Crippen molar-refractivity contribution >= 4 is 27.7 Å². The normalized spacial score (nSPS) is 14.9. The number of hydrogen-bond acceptors (Lipinski definition) is 2. The first kappa shape index (κ1) is 13.1. The molecule has 2 unspecified atom stereocenters. The number of hydrogen-bond donors (Lipinski definition) is 1. The van der Waals surface area contributed by atoms with Gasteiger partial charge in [-0.3, -0.25) is 0 Å². The summed E-state index contributed by atoms with van der Waals surface area (Å²) in [4.78, 5) is 1.32. The minimum atomic E-state index is 0.541. The third kappa shape index (κ3) is 4.58. The molecule has 2 atom stereocenters. The molecule has 3 heteroatoms. The molecule has 0 radical (unpaired) electrons. The minimum absolute atomic E-state index is 0.541. The van der Waals surface area contributed by atoms with Gasteiger partial charge in [0, 0.05) is 20.7 Å². The van der Waals surface area contributed by atoms with Gasteiger partial charge in [0.25, 0.3) is 0 Å². The Hall–Kier alpha value is 0.01000. The molecule has 1 N–H and O–H groups in total. The van der Waals surface area contributed by atoms with Crippen LogP contribution in [0.25, 0.3) is 0 Å². The SMILES string of the molecule is CCNC(C)C(C)Sc1cccc(Br)c1. The maximum absolute atomic E-state index is 3.49. The number of thioether (sulfide) groups is 1. The molecule has 0 aliphatic heterocycles. The van der Waals surface area contributed by atoms with Crippen LogP contribution in [0.5, 0.6) is 0 Å². The van der Waals surface area contributed by atoms with E-state index in [4.69, 9.17) is 0 Å². The van der Waals surface area contributed by atoms with Crippen LogP contribution in [-0.2, 0) is 0 Å². The maximum Gasteiger partial charge on any atom is 0.0217 e. The highest BCUT2D eigenvalue weighted by Crippen LogP contribution is 2.27. The van der Waals surface area contributed by atoms with Crippen LogP contribution >= 0.6 is 27.7 Å². The van der Waals surface area contributed by atoms with Crippen LogP contribution < -0.4 is 5.32 Å². The highest BCUT2D eigenvalue weighted by molar-refractivity contribution is 9.10. The molecule has 0 heterocycles. The Kier molecular flexibility index (Phi) is 5.72. The van der Waals surface area contributed by atoms with Crippen molar-refractivity contribution < 1.29 is 0 Å². The van der Waals surface area contributed by atoms with Gasteiger partial charge in [-0.15, -0.1) is 11.8 Å². The van der Waals surface area contributed by atoms with E-state index in [1.165, 1.54) is 4.90 Å². The van der Waals surface area contributed by atoms with E-state index in [0.29, 0.717) is 11.3 Å². The van der Waals surface area contributed by atoms with Crippen LogP contribution in [-0.4, -0.2) is 17.8 Å². The Balaban J connectivity index is 2.54. The summed E-state index contributed by atoms with van der Waals surface area (Å²) < 4.78 is 1.15. The summed E-state index contributed by atoms with van der Waals surface area (Å²) in [6.45, 7) is 7.68. The van der Waals surface area contributed by atoms with Gasteiger partial charge in [-0.2, -0.15) is 0 Å². The van der Waals surface area contributed by atoms with Crippen molar-refractivity contribution in [3.05, 3.63) is 28.7 Å². The first-order chi connectivity index (χ1) is 7.13. The van der Waals surface area contributed by atoms with Crippen LogP contribution in [0, 0.1) is 0 Å². The van der Waals surface area contributed by atoms with Gasteiger partial charge in [-0.25, -0.2) is 0 Å². The van der Waals surface area contributed by atoms with E-state index < -0.39 is 0 Å². The van der Waals surface area contributed by atoms with Crippen molar-refractivity contribution in [1.29, 1.82) is 0 Å². The van der Waals surface area contributed by atoms with E-state index in [9.17, 15) is 0 Å². The molecule has 84 valence electrons. The fourth-order valence-corrected chi connectivity index (χ4v) is 2.98. The van der Waals surface area contributed by atoms with E-state index in [2.05, 4.69) is 66.3 Å². The monoisotopic (exact) mass is 287 g/mol. The van der Waals surface area contributed by atoms with Crippen molar-refractivity contribution in [2.24, 2.45) is 0 Å². The summed E-state index contributed by atoms with van der Waals surface area (Å²) in [5.74, 6) is 0. The summed E-state index contributed by atoms with van der Waals surface area (Å²) in [7, 11) is 0. The smallest absolute Gasteiger partial charge is 0.0217 e. The molecule has 1 nitrogen and oxygen atoms in total. The van der Waals surface area contributed by atoms with Gasteiger partial charge in [0.2, 0.25) is 0 Å². The van der Waals surface area contributed by atoms with Gasteiger partial charge in [0.05, 0.1) is 0 Å². The lowest BCUT2D eigenvalue weighted by atomic mass is 10.2. The Morgan fingerprint density at radius 1 is 1.40 bits per heavy atom. The zero-order valence-corrected chi connectivity index (χ0v) is 11.9. The van der Waals surface area contributed by atoms with Crippen molar-refractivity contribution in [3.63, 3.8) is 0 Å². The lowest BCUT2D eigenvalue weighted by Crippen LogP contribution is -2.33. The molecule has 0 saturated heterocycles. The lowest BCUT2D eigenvalue weighted by Gasteiger charge is -2.20. The van der Waals surface area contributed by atoms with Crippen LogP contribution in [0.2, 0.25) is 0 Å². The molecule has 1 aromatic carbocycles. The van der Waals surface area contributed by atoms with E-state index in [0.717, 1.165) is 11.0 Å². The quantitative estimate of drug-likeness (QED) is 0.824. The molecular weight excluding hydrogens is 270 g/mol. The number of halogens is 1. The predicted octanol–water partition coefficient (Wildman–Crippen LogP) is 3.93. The lowest BCUT2D eigenvalue weighted by molar-refractivity contribution is 0.563. The van der Waals surface area contributed by atoms with Gasteiger partial charge in [0.15, 0.2) is 0 Å². The van der Waals surface area contributed by atoms with Gasteiger partial charge >= 0.3 is 0 Å². The number of benzene rings is 1. The van der Waals surface area contributed by atoms with E-state index in [1.807, 2.05) is 11.8 Å². The third-order valence-electron chi connectivity index (χ3n) is 2.35. The Morgan fingerprint density at radius 3 is 2.73 bits per heavy atom. The standard InChI is InChI=1S/C12H18BrNS/c1-4-14-9(2)10(3)15-12-7-5-6-11(13)8-12/h5-10,14H,4H2,1-3H3. The van der Waals surface area contributed by atoms with Gasteiger partial charge < -0.3 is 5.32 Å². The molecular formula is C12H18BrNS.